The Bertz CT molecular complexity index is 1060. The Morgan fingerprint density at radius 3 is 2.64 bits per heavy atom. The van der Waals surface area contributed by atoms with Crippen molar-refractivity contribution >= 4 is 28.6 Å². The average Bonchev–Trinajstić information content (AvgIpc) is 3.04. The molecular formula is C20H22N4O4. The van der Waals surface area contributed by atoms with Crippen LogP contribution in [0.15, 0.2) is 30.5 Å². The van der Waals surface area contributed by atoms with Crippen molar-refractivity contribution in [2.75, 3.05) is 12.4 Å². The summed E-state index contributed by atoms with van der Waals surface area (Å²) in [6.45, 7) is 6.04. The fourth-order valence-corrected chi connectivity index (χ4v) is 3.05. The number of aromatic nitrogens is 3. The minimum Gasteiger partial charge on any atom is -0.478 e. The maximum atomic E-state index is 13.0. The fraction of sp³-hybridized carbons (Fsp3) is 0.300. The van der Waals surface area contributed by atoms with Crippen LogP contribution in [-0.2, 0) is 11.3 Å². The van der Waals surface area contributed by atoms with E-state index in [1.807, 2.05) is 20.8 Å². The number of ether oxygens (including phenoxy) is 1. The highest BCUT2D eigenvalue weighted by Crippen LogP contribution is 2.23. The number of aromatic carboxylic acids is 1. The highest BCUT2D eigenvalue weighted by Gasteiger charge is 2.18. The summed E-state index contributed by atoms with van der Waals surface area (Å²) in [5.74, 6) is -1.43. The molecule has 1 aromatic carbocycles. The van der Waals surface area contributed by atoms with Crippen molar-refractivity contribution in [3.8, 4) is 0 Å². The minimum atomic E-state index is -1.08. The van der Waals surface area contributed by atoms with Crippen molar-refractivity contribution < 1.29 is 19.4 Å². The van der Waals surface area contributed by atoms with Crippen molar-refractivity contribution in [3.05, 3.63) is 52.8 Å². The average molecular weight is 382 g/mol. The maximum Gasteiger partial charge on any atom is 0.335 e. The highest BCUT2D eigenvalue weighted by atomic mass is 16.5. The van der Waals surface area contributed by atoms with Crippen LogP contribution in [-0.4, -0.2) is 38.9 Å². The molecule has 0 fully saturated rings. The largest absolute Gasteiger partial charge is 0.478 e. The van der Waals surface area contributed by atoms with Crippen LogP contribution in [0, 0.1) is 6.92 Å². The van der Waals surface area contributed by atoms with Crippen LogP contribution in [0.1, 0.15) is 51.9 Å². The molecule has 0 aliphatic carbocycles. The van der Waals surface area contributed by atoms with E-state index in [1.54, 1.807) is 23.0 Å². The number of benzene rings is 1. The zero-order chi connectivity index (χ0) is 20.4. The van der Waals surface area contributed by atoms with E-state index in [0.717, 1.165) is 0 Å². The van der Waals surface area contributed by atoms with Crippen molar-refractivity contribution in [1.82, 2.24) is 14.8 Å². The second-order valence-electron chi connectivity index (χ2n) is 6.84. The van der Waals surface area contributed by atoms with Gasteiger partial charge in [-0.05, 0) is 50.6 Å². The summed E-state index contributed by atoms with van der Waals surface area (Å²) < 4.78 is 6.85. The van der Waals surface area contributed by atoms with Crippen molar-refractivity contribution in [3.63, 3.8) is 0 Å². The Labute approximate surface area is 162 Å². The van der Waals surface area contributed by atoms with Gasteiger partial charge in [0.2, 0.25) is 0 Å². The SMILES string of the molecule is COCc1cc(NC(=O)c2cc(C)nc3c2cnn3C(C)C)cc(C(=O)O)c1. The molecule has 0 saturated heterocycles. The Kier molecular flexibility index (Phi) is 5.41. The third-order valence-corrected chi connectivity index (χ3v) is 4.24. The fourth-order valence-electron chi connectivity index (χ4n) is 3.05. The van der Waals surface area contributed by atoms with Gasteiger partial charge in [0.05, 0.1) is 29.3 Å². The van der Waals surface area contributed by atoms with E-state index in [9.17, 15) is 14.7 Å². The van der Waals surface area contributed by atoms with Crippen molar-refractivity contribution in [2.24, 2.45) is 0 Å². The Hall–Kier alpha value is -3.26. The van der Waals surface area contributed by atoms with Gasteiger partial charge in [0.15, 0.2) is 5.65 Å². The molecule has 0 radical (unpaired) electrons. The predicted octanol–water partition coefficient (Wildman–Crippen LogP) is 3.42. The molecule has 0 atom stereocenters. The minimum absolute atomic E-state index is 0.0773. The smallest absolute Gasteiger partial charge is 0.335 e. The van der Waals surface area contributed by atoms with Crippen LogP contribution in [0.3, 0.4) is 0 Å². The quantitative estimate of drug-likeness (QED) is 0.677. The normalized spacial score (nSPS) is 11.2. The van der Waals surface area contributed by atoms with Gasteiger partial charge in [0.25, 0.3) is 5.91 Å². The number of carbonyl (C=O) groups is 2. The van der Waals surface area contributed by atoms with E-state index in [0.29, 0.717) is 33.5 Å². The lowest BCUT2D eigenvalue weighted by atomic mass is 10.1. The first-order valence-electron chi connectivity index (χ1n) is 8.82. The molecule has 0 aliphatic rings. The number of pyridine rings is 1. The summed E-state index contributed by atoms with van der Waals surface area (Å²) in [4.78, 5) is 28.8. The number of methoxy groups -OCH3 is 1. The number of nitrogens with one attached hydrogen (secondary N) is 1. The molecule has 28 heavy (non-hydrogen) atoms. The molecule has 8 heteroatoms. The number of amides is 1. The maximum absolute atomic E-state index is 13.0. The van der Waals surface area contributed by atoms with Gasteiger partial charge < -0.3 is 15.2 Å². The molecule has 0 spiro atoms. The Balaban J connectivity index is 2.01. The molecule has 2 N–H and O–H groups in total. The van der Waals surface area contributed by atoms with Gasteiger partial charge in [-0.15, -0.1) is 0 Å². The first kappa shape index (κ1) is 19.5. The molecule has 0 bridgehead atoms. The molecule has 0 saturated carbocycles. The number of anilines is 1. The Morgan fingerprint density at radius 2 is 2.00 bits per heavy atom. The van der Waals surface area contributed by atoms with Gasteiger partial charge in [-0.2, -0.15) is 5.10 Å². The van der Waals surface area contributed by atoms with Gasteiger partial charge in [-0.3, -0.25) is 4.79 Å². The summed E-state index contributed by atoms with van der Waals surface area (Å²) >= 11 is 0. The summed E-state index contributed by atoms with van der Waals surface area (Å²) in [5, 5.41) is 17.1. The topological polar surface area (TPSA) is 106 Å². The highest BCUT2D eigenvalue weighted by molar-refractivity contribution is 6.12. The van der Waals surface area contributed by atoms with E-state index in [4.69, 9.17) is 4.74 Å². The summed E-state index contributed by atoms with van der Waals surface area (Å²) in [6.07, 6.45) is 1.63. The van der Waals surface area contributed by atoms with Gasteiger partial charge in [-0.25, -0.2) is 14.5 Å². The number of hydrogen-bond acceptors (Lipinski definition) is 5. The molecule has 3 rings (SSSR count). The van der Waals surface area contributed by atoms with Crippen LogP contribution < -0.4 is 5.32 Å². The third kappa shape index (κ3) is 3.86. The molecule has 2 heterocycles. The number of carbonyl (C=O) groups excluding carboxylic acids is 1. The first-order chi connectivity index (χ1) is 13.3. The van der Waals surface area contributed by atoms with Crippen LogP contribution in [0.5, 0.6) is 0 Å². The van der Waals surface area contributed by atoms with E-state index in [2.05, 4.69) is 15.4 Å². The molecule has 8 nitrogen and oxygen atoms in total. The number of hydrogen-bond donors (Lipinski definition) is 2. The molecular weight excluding hydrogens is 360 g/mol. The lowest BCUT2D eigenvalue weighted by Gasteiger charge is -2.11. The van der Waals surface area contributed by atoms with Crippen LogP contribution in [0.25, 0.3) is 11.0 Å². The van der Waals surface area contributed by atoms with Crippen LogP contribution in [0.4, 0.5) is 5.69 Å². The molecule has 0 aliphatic heterocycles. The number of carboxylic acids is 1. The zero-order valence-corrected chi connectivity index (χ0v) is 16.2. The van der Waals surface area contributed by atoms with Crippen molar-refractivity contribution in [1.29, 1.82) is 0 Å². The monoisotopic (exact) mass is 382 g/mol. The lowest BCUT2D eigenvalue weighted by molar-refractivity contribution is 0.0696. The van der Waals surface area contributed by atoms with Gasteiger partial charge in [0, 0.05) is 24.5 Å². The van der Waals surface area contributed by atoms with Gasteiger partial charge >= 0.3 is 5.97 Å². The first-order valence-corrected chi connectivity index (χ1v) is 8.82. The third-order valence-electron chi connectivity index (χ3n) is 4.24. The van der Waals surface area contributed by atoms with Crippen molar-refractivity contribution in [2.45, 2.75) is 33.4 Å². The summed E-state index contributed by atoms with van der Waals surface area (Å²) in [6, 6.07) is 6.43. The standard InChI is InChI=1S/C20H22N4O4/c1-11(2)24-18-17(9-21-24)16(5-12(3)22-18)19(25)23-15-7-13(10-28-4)6-14(8-15)20(26)27/h5-9,11H,10H2,1-4H3,(H,23,25)(H,26,27). The second-order valence-corrected chi connectivity index (χ2v) is 6.84. The predicted molar refractivity (Wildman–Crippen MR) is 105 cm³/mol. The number of aryl methyl sites for hydroxylation is 1. The summed E-state index contributed by atoms with van der Waals surface area (Å²) in [7, 11) is 1.52. The lowest BCUT2D eigenvalue weighted by Crippen LogP contribution is -2.14. The zero-order valence-electron chi connectivity index (χ0n) is 16.2. The number of fused-ring (bicyclic) bond motifs is 1. The molecule has 3 aromatic rings. The number of nitrogens with zero attached hydrogens (tertiary/aromatic N) is 3. The molecule has 0 unspecified atom stereocenters. The molecule has 2 aromatic heterocycles. The summed E-state index contributed by atoms with van der Waals surface area (Å²) in [5.41, 5.74) is 2.88. The number of carboxylic acid groups (broad SMARTS) is 1. The van der Waals surface area contributed by atoms with E-state index < -0.39 is 5.97 Å². The van der Waals surface area contributed by atoms with Crippen LogP contribution >= 0.6 is 0 Å². The second kappa shape index (κ2) is 7.77. The Morgan fingerprint density at radius 1 is 1.25 bits per heavy atom. The van der Waals surface area contributed by atoms with Crippen LogP contribution in [0.2, 0.25) is 0 Å². The molecule has 146 valence electrons. The van der Waals surface area contributed by atoms with Gasteiger partial charge in [0.1, 0.15) is 0 Å². The van der Waals surface area contributed by atoms with E-state index >= 15 is 0 Å². The van der Waals surface area contributed by atoms with E-state index in [-0.39, 0.29) is 24.1 Å². The van der Waals surface area contributed by atoms with Gasteiger partial charge in [-0.1, -0.05) is 0 Å². The number of rotatable bonds is 6. The van der Waals surface area contributed by atoms with E-state index in [1.165, 1.54) is 19.2 Å². The molecule has 1 amide bonds.